The number of hydrogen-bond acceptors (Lipinski definition) is 4. The molecule has 0 unspecified atom stereocenters. The minimum Gasteiger partial charge on any atom is -0.445 e. The van der Waals surface area contributed by atoms with Crippen molar-refractivity contribution in [2.24, 2.45) is 0 Å². The fraction of sp³-hybridized carbons (Fsp3) is 0.391. The molecule has 0 saturated carbocycles. The summed E-state index contributed by atoms with van der Waals surface area (Å²) in [5, 5.41) is 5.47. The van der Waals surface area contributed by atoms with E-state index in [1.807, 2.05) is 81.4 Å². The Morgan fingerprint density at radius 3 is 2.10 bits per heavy atom. The minimum absolute atomic E-state index is 0.0567. The van der Waals surface area contributed by atoms with Crippen molar-refractivity contribution in [2.45, 2.75) is 45.4 Å². The Bertz CT molecular complexity index is 757. The summed E-state index contributed by atoms with van der Waals surface area (Å²) < 4.78 is 10.9. The van der Waals surface area contributed by atoms with Gasteiger partial charge < -0.3 is 20.1 Å². The average Bonchev–Trinajstić information content (AvgIpc) is 2.70. The van der Waals surface area contributed by atoms with E-state index in [0.29, 0.717) is 13.0 Å². The summed E-state index contributed by atoms with van der Waals surface area (Å²) >= 11 is 0. The molecule has 0 aliphatic heterocycles. The van der Waals surface area contributed by atoms with Crippen LogP contribution in [0.3, 0.4) is 0 Å². The van der Waals surface area contributed by atoms with Crippen LogP contribution in [0.1, 0.15) is 31.9 Å². The van der Waals surface area contributed by atoms with Crippen LogP contribution >= 0.6 is 0 Å². The van der Waals surface area contributed by atoms with E-state index in [1.165, 1.54) is 0 Å². The lowest BCUT2D eigenvalue weighted by molar-refractivity contribution is -0.126. The van der Waals surface area contributed by atoms with Crippen LogP contribution in [0.5, 0.6) is 0 Å². The lowest BCUT2D eigenvalue weighted by Gasteiger charge is -2.24. The van der Waals surface area contributed by atoms with E-state index in [2.05, 4.69) is 10.6 Å². The first kappa shape index (κ1) is 22.4. The van der Waals surface area contributed by atoms with Crippen molar-refractivity contribution in [2.75, 3.05) is 13.2 Å². The third kappa shape index (κ3) is 9.25. The number of carbonyl (C=O) groups excluding carboxylic acids is 2. The number of alkyl carbamates (subject to hydrolysis) is 1. The van der Waals surface area contributed by atoms with E-state index in [4.69, 9.17) is 9.47 Å². The Labute approximate surface area is 172 Å². The van der Waals surface area contributed by atoms with Crippen molar-refractivity contribution in [3.63, 3.8) is 0 Å². The SMILES string of the molecule is CC(C)(C)OC[C@H](NC(=O)OCc1ccccc1)C(=O)NCCc1ccccc1. The Kier molecular flexibility index (Phi) is 8.68. The summed E-state index contributed by atoms with van der Waals surface area (Å²) in [7, 11) is 0. The number of rotatable bonds is 9. The van der Waals surface area contributed by atoms with Crippen molar-refractivity contribution in [1.82, 2.24) is 10.6 Å². The van der Waals surface area contributed by atoms with E-state index >= 15 is 0 Å². The number of nitrogens with one attached hydrogen (secondary N) is 2. The Hall–Kier alpha value is -2.86. The molecule has 2 N–H and O–H groups in total. The molecule has 29 heavy (non-hydrogen) atoms. The molecule has 0 aliphatic rings. The summed E-state index contributed by atoms with van der Waals surface area (Å²) in [6.45, 7) is 6.34. The van der Waals surface area contributed by atoms with Gasteiger partial charge in [0.05, 0.1) is 12.2 Å². The summed E-state index contributed by atoms with van der Waals surface area (Å²) in [6, 6.07) is 18.4. The molecule has 0 fully saturated rings. The highest BCUT2D eigenvalue weighted by atomic mass is 16.5. The molecule has 0 heterocycles. The summed E-state index contributed by atoms with van der Waals surface area (Å²) in [5.41, 5.74) is 1.57. The number of carbonyl (C=O) groups is 2. The van der Waals surface area contributed by atoms with E-state index in [0.717, 1.165) is 11.1 Å². The molecular formula is C23H30N2O4. The largest absolute Gasteiger partial charge is 0.445 e. The van der Waals surface area contributed by atoms with Gasteiger partial charge in [0.1, 0.15) is 12.6 Å². The molecular weight excluding hydrogens is 368 g/mol. The number of hydrogen-bond donors (Lipinski definition) is 2. The van der Waals surface area contributed by atoms with Crippen LogP contribution in [0.15, 0.2) is 60.7 Å². The molecule has 2 rings (SSSR count). The maximum atomic E-state index is 12.6. The third-order valence-electron chi connectivity index (χ3n) is 4.06. The predicted molar refractivity (Wildman–Crippen MR) is 112 cm³/mol. The van der Waals surface area contributed by atoms with Gasteiger partial charge in [0.2, 0.25) is 5.91 Å². The second-order valence-corrected chi connectivity index (χ2v) is 7.71. The first-order chi connectivity index (χ1) is 13.8. The zero-order chi connectivity index (χ0) is 21.1. The zero-order valence-corrected chi connectivity index (χ0v) is 17.3. The molecule has 0 saturated heterocycles. The van der Waals surface area contributed by atoms with Crippen LogP contribution in [-0.4, -0.2) is 36.8 Å². The minimum atomic E-state index is -0.840. The third-order valence-corrected chi connectivity index (χ3v) is 4.06. The molecule has 0 radical (unpaired) electrons. The Balaban J connectivity index is 1.86. The normalized spacial score (nSPS) is 12.1. The number of benzene rings is 2. The van der Waals surface area contributed by atoms with Gasteiger partial charge in [-0.05, 0) is 38.3 Å². The Morgan fingerprint density at radius 2 is 1.52 bits per heavy atom. The molecule has 0 bridgehead atoms. The molecule has 2 aromatic carbocycles. The molecule has 6 heteroatoms. The smallest absolute Gasteiger partial charge is 0.408 e. The van der Waals surface area contributed by atoms with Crippen molar-refractivity contribution in [3.05, 3.63) is 71.8 Å². The van der Waals surface area contributed by atoms with Crippen molar-refractivity contribution in [1.29, 1.82) is 0 Å². The zero-order valence-electron chi connectivity index (χ0n) is 17.3. The Morgan fingerprint density at radius 1 is 0.931 bits per heavy atom. The molecule has 1 atom stereocenters. The van der Waals surface area contributed by atoms with Crippen molar-refractivity contribution >= 4 is 12.0 Å². The maximum absolute atomic E-state index is 12.6. The first-order valence-electron chi connectivity index (χ1n) is 9.76. The van der Waals surface area contributed by atoms with Crippen LogP contribution in [-0.2, 0) is 27.3 Å². The van der Waals surface area contributed by atoms with Crippen LogP contribution < -0.4 is 10.6 Å². The van der Waals surface area contributed by atoms with Gasteiger partial charge >= 0.3 is 6.09 Å². The van der Waals surface area contributed by atoms with Crippen molar-refractivity contribution < 1.29 is 19.1 Å². The summed E-state index contributed by atoms with van der Waals surface area (Å²) in [4.78, 5) is 24.8. The van der Waals surface area contributed by atoms with Crippen LogP contribution in [0.2, 0.25) is 0 Å². The molecule has 6 nitrogen and oxygen atoms in total. The van der Waals surface area contributed by atoms with E-state index < -0.39 is 17.7 Å². The van der Waals surface area contributed by atoms with Crippen LogP contribution in [0, 0.1) is 0 Å². The summed E-state index contributed by atoms with van der Waals surface area (Å²) in [6.07, 6.45) is 0.0484. The second-order valence-electron chi connectivity index (χ2n) is 7.71. The maximum Gasteiger partial charge on any atom is 0.408 e. The molecule has 0 spiro atoms. The highest BCUT2D eigenvalue weighted by molar-refractivity contribution is 5.85. The average molecular weight is 399 g/mol. The van der Waals surface area contributed by atoms with Gasteiger partial charge in [-0.15, -0.1) is 0 Å². The second kappa shape index (κ2) is 11.2. The molecule has 0 aromatic heterocycles. The molecule has 156 valence electrons. The lowest BCUT2D eigenvalue weighted by Crippen LogP contribution is -2.50. The van der Waals surface area contributed by atoms with E-state index in [9.17, 15) is 9.59 Å². The monoisotopic (exact) mass is 398 g/mol. The van der Waals surface area contributed by atoms with Crippen LogP contribution in [0.25, 0.3) is 0 Å². The van der Waals surface area contributed by atoms with Gasteiger partial charge in [0, 0.05) is 6.54 Å². The van der Waals surface area contributed by atoms with Crippen LogP contribution in [0.4, 0.5) is 4.79 Å². The first-order valence-corrected chi connectivity index (χ1v) is 9.76. The van der Waals surface area contributed by atoms with Gasteiger partial charge in [-0.25, -0.2) is 4.79 Å². The van der Waals surface area contributed by atoms with Gasteiger partial charge in [-0.3, -0.25) is 4.79 Å². The summed E-state index contributed by atoms with van der Waals surface area (Å²) in [5.74, 6) is -0.304. The predicted octanol–water partition coefficient (Wildman–Crippen LogP) is 3.46. The topological polar surface area (TPSA) is 76.7 Å². The highest BCUT2D eigenvalue weighted by Gasteiger charge is 2.24. The quantitative estimate of drug-likeness (QED) is 0.678. The van der Waals surface area contributed by atoms with Gasteiger partial charge in [0.15, 0.2) is 0 Å². The van der Waals surface area contributed by atoms with Gasteiger partial charge in [0.25, 0.3) is 0 Å². The highest BCUT2D eigenvalue weighted by Crippen LogP contribution is 2.08. The molecule has 0 aliphatic carbocycles. The van der Waals surface area contributed by atoms with Gasteiger partial charge in [-0.1, -0.05) is 60.7 Å². The number of amides is 2. The number of ether oxygens (including phenoxy) is 2. The van der Waals surface area contributed by atoms with E-state index in [1.54, 1.807) is 0 Å². The fourth-order valence-electron chi connectivity index (χ4n) is 2.52. The van der Waals surface area contributed by atoms with E-state index in [-0.39, 0.29) is 19.1 Å². The lowest BCUT2D eigenvalue weighted by atomic mass is 10.1. The van der Waals surface area contributed by atoms with Crippen molar-refractivity contribution in [3.8, 4) is 0 Å². The standard InChI is InChI=1S/C23H30N2O4/c1-23(2,3)29-17-20(21(26)24-15-14-18-10-6-4-7-11-18)25-22(27)28-16-19-12-8-5-9-13-19/h4-13,20H,14-17H2,1-3H3,(H,24,26)(H,25,27)/t20-/m0/s1. The fourth-order valence-corrected chi connectivity index (χ4v) is 2.52. The molecule has 2 amide bonds. The van der Waals surface area contributed by atoms with Gasteiger partial charge in [-0.2, -0.15) is 0 Å². The molecule has 2 aromatic rings.